The highest BCUT2D eigenvalue weighted by Gasteiger charge is 2.35. The van der Waals surface area contributed by atoms with Gasteiger partial charge in [0.15, 0.2) is 0 Å². The third-order valence-corrected chi connectivity index (χ3v) is 5.58. The maximum absolute atomic E-state index is 12.5. The van der Waals surface area contributed by atoms with Crippen molar-refractivity contribution < 1.29 is 4.79 Å². The largest absolute Gasteiger partial charge is 0.332 e. The van der Waals surface area contributed by atoms with Crippen LogP contribution in [0.25, 0.3) is 0 Å². The number of benzene rings is 2. The van der Waals surface area contributed by atoms with Crippen LogP contribution in [0, 0.1) is 0 Å². The number of hydrogen-bond donors (Lipinski definition) is 0. The summed E-state index contributed by atoms with van der Waals surface area (Å²) in [6.07, 6.45) is 3.65. The van der Waals surface area contributed by atoms with Gasteiger partial charge in [-0.15, -0.1) is 0 Å². The van der Waals surface area contributed by atoms with E-state index in [0.29, 0.717) is 11.4 Å². The summed E-state index contributed by atoms with van der Waals surface area (Å²) in [7, 11) is 0. The summed E-state index contributed by atoms with van der Waals surface area (Å²) in [6.45, 7) is 2.43. The Bertz CT molecular complexity index is 819. The molecule has 2 aromatic carbocycles. The van der Waals surface area contributed by atoms with Gasteiger partial charge in [0.25, 0.3) is 0 Å². The summed E-state index contributed by atoms with van der Waals surface area (Å²) in [5.41, 5.74) is 3.33. The van der Waals surface area contributed by atoms with Gasteiger partial charge in [-0.1, -0.05) is 54.1 Å². The van der Waals surface area contributed by atoms with Gasteiger partial charge in [-0.25, -0.2) is 0 Å². The topological polar surface area (TPSA) is 35.9 Å². The lowest BCUT2D eigenvalue weighted by atomic mass is 9.99. The number of carbonyl (C=O) groups excluding carboxylic acids is 1. The highest BCUT2D eigenvalue weighted by Crippen LogP contribution is 2.24. The molecular formula is C22H24ClN3O. The van der Waals surface area contributed by atoms with Crippen LogP contribution in [0.3, 0.4) is 0 Å². The van der Waals surface area contributed by atoms with Crippen molar-refractivity contribution in [3.05, 3.63) is 70.7 Å². The molecule has 27 heavy (non-hydrogen) atoms. The molecule has 1 fully saturated rings. The number of halogens is 1. The maximum atomic E-state index is 12.5. The molecule has 0 aliphatic carbocycles. The molecule has 1 saturated heterocycles. The predicted molar refractivity (Wildman–Crippen MR) is 109 cm³/mol. The summed E-state index contributed by atoms with van der Waals surface area (Å²) < 4.78 is 0. The van der Waals surface area contributed by atoms with Gasteiger partial charge in [0.1, 0.15) is 0 Å². The molecule has 5 heteroatoms. The third kappa shape index (κ3) is 4.16. The fourth-order valence-electron chi connectivity index (χ4n) is 3.86. The Labute approximate surface area is 165 Å². The molecule has 0 bridgehead atoms. The van der Waals surface area contributed by atoms with Gasteiger partial charge in [0, 0.05) is 30.1 Å². The van der Waals surface area contributed by atoms with Crippen LogP contribution in [0.15, 0.2) is 59.7 Å². The van der Waals surface area contributed by atoms with E-state index in [-0.39, 0.29) is 11.9 Å². The van der Waals surface area contributed by atoms with Gasteiger partial charge < -0.3 is 4.90 Å². The van der Waals surface area contributed by atoms with Gasteiger partial charge in [0.2, 0.25) is 5.91 Å². The number of rotatable bonds is 5. The normalized spacial score (nSPS) is 20.1. The van der Waals surface area contributed by atoms with E-state index in [0.717, 1.165) is 50.2 Å². The van der Waals surface area contributed by atoms with Crippen LogP contribution in [-0.4, -0.2) is 47.2 Å². The summed E-state index contributed by atoms with van der Waals surface area (Å²) in [5, 5.41) is 7.73. The zero-order chi connectivity index (χ0) is 18.6. The zero-order valence-corrected chi connectivity index (χ0v) is 16.1. The van der Waals surface area contributed by atoms with Crippen LogP contribution >= 0.6 is 11.6 Å². The average Bonchev–Trinajstić information content (AvgIpc) is 3.12. The SMILES string of the molecule is O=C1CCCCN1C1CN(CCc2ccccc2)N=C1c1ccc(Cl)cc1. The Morgan fingerprint density at radius 3 is 2.56 bits per heavy atom. The molecule has 0 saturated carbocycles. The van der Waals surface area contributed by atoms with E-state index in [1.54, 1.807) is 0 Å². The lowest BCUT2D eigenvalue weighted by molar-refractivity contribution is -0.134. The first-order valence-corrected chi connectivity index (χ1v) is 10.0. The molecule has 1 atom stereocenters. The molecule has 2 aliphatic rings. The van der Waals surface area contributed by atoms with E-state index < -0.39 is 0 Å². The first-order valence-electron chi connectivity index (χ1n) is 9.63. The van der Waals surface area contributed by atoms with Crippen molar-refractivity contribution in [3.8, 4) is 0 Å². The van der Waals surface area contributed by atoms with Crippen LogP contribution in [0.2, 0.25) is 5.02 Å². The maximum Gasteiger partial charge on any atom is 0.223 e. The van der Waals surface area contributed by atoms with E-state index in [2.05, 4.69) is 29.3 Å². The minimum atomic E-state index is 0.0229. The lowest BCUT2D eigenvalue weighted by Crippen LogP contribution is -2.49. The number of hydrogen-bond acceptors (Lipinski definition) is 3. The average molecular weight is 382 g/mol. The Hall–Kier alpha value is -2.33. The third-order valence-electron chi connectivity index (χ3n) is 5.33. The number of nitrogens with zero attached hydrogens (tertiary/aromatic N) is 3. The first-order chi connectivity index (χ1) is 13.2. The Morgan fingerprint density at radius 1 is 1.04 bits per heavy atom. The number of carbonyl (C=O) groups is 1. The molecule has 0 radical (unpaired) electrons. The van der Waals surface area contributed by atoms with Gasteiger partial charge in [-0.05, 0) is 37.0 Å². The molecule has 2 aromatic rings. The van der Waals surface area contributed by atoms with Crippen LogP contribution in [0.4, 0.5) is 0 Å². The van der Waals surface area contributed by atoms with E-state index >= 15 is 0 Å². The summed E-state index contributed by atoms with van der Waals surface area (Å²) >= 11 is 6.06. The van der Waals surface area contributed by atoms with Crippen LogP contribution in [0.5, 0.6) is 0 Å². The smallest absolute Gasteiger partial charge is 0.223 e. The van der Waals surface area contributed by atoms with Crippen molar-refractivity contribution in [2.45, 2.75) is 31.7 Å². The molecule has 0 spiro atoms. The van der Waals surface area contributed by atoms with Crippen molar-refractivity contribution in [3.63, 3.8) is 0 Å². The van der Waals surface area contributed by atoms with Crippen LogP contribution in [0.1, 0.15) is 30.4 Å². The van der Waals surface area contributed by atoms with Crippen LogP contribution in [-0.2, 0) is 11.2 Å². The van der Waals surface area contributed by atoms with E-state index in [1.165, 1.54) is 5.56 Å². The van der Waals surface area contributed by atoms with Gasteiger partial charge in [-0.3, -0.25) is 9.80 Å². The molecule has 1 unspecified atom stereocenters. The fraction of sp³-hybridized carbons (Fsp3) is 0.364. The van der Waals surface area contributed by atoms with E-state index in [9.17, 15) is 4.79 Å². The molecule has 0 aromatic heterocycles. The Balaban J connectivity index is 1.55. The number of hydrazone groups is 1. The summed E-state index contributed by atoms with van der Waals surface area (Å²) in [5.74, 6) is 0.248. The second kappa shape index (κ2) is 8.13. The second-order valence-electron chi connectivity index (χ2n) is 7.20. The molecule has 4 rings (SSSR count). The standard InChI is InChI=1S/C22H24ClN3O/c23-19-11-9-18(10-12-19)22-20(26-14-5-4-8-21(26)27)16-25(24-22)15-13-17-6-2-1-3-7-17/h1-3,6-7,9-12,20H,4-5,8,13-16H2. The van der Waals surface area contributed by atoms with Crippen molar-refractivity contribution in [1.29, 1.82) is 0 Å². The molecular weight excluding hydrogens is 358 g/mol. The highest BCUT2D eigenvalue weighted by molar-refractivity contribution is 6.30. The monoisotopic (exact) mass is 381 g/mol. The van der Waals surface area contributed by atoms with Crippen molar-refractivity contribution in [2.24, 2.45) is 5.10 Å². The molecule has 2 aliphatic heterocycles. The molecule has 0 N–H and O–H groups in total. The van der Waals surface area contributed by atoms with Gasteiger partial charge in [0.05, 0.1) is 18.3 Å². The van der Waals surface area contributed by atoms with E-state index in [1.807, 2.05) is 35.2 Å². The minimum absolute atomic E-state index is 0.0229. The van der Waals surface area contributed by atoms with Crippen LogP contribution < -0.4 is 0 Å². The fourth-order valence-corrected chi connectivity index (χ4v) is 3.99. The van der Waals surface area contributed by atoms with Crippen molar-refractivity contribution in [2.75, 3.05) is 19.6 Å². The molecule has 140 valence electrons. The zero-order valence-electron chi connectivity index (χ0n) is 15.4. The minimum Gasteiger partial charge on any atom is -0.332 e. The van der Waals surface area contributed by atoms with Crippen molar-refractivity contribution >= 4 is 23.2 Å². The van der Waals surface area contributed by atoms with Crippen molar-refractivity contribution in [1.82, 2.24) is 9.91 Å². The molecule has 1 amide bonds. The number of likely N-dealkylation sites (tertiary alicyclic amines) is 1. The highest BCUT2D eigenvalue weighted by atomic mass is 35.5. The second-order valence-corrected chi connectivity index (χ2v) is 7.64. The Morgan fingerprint density at radius 2 is 1.81 bits per heavy atom. The first kappa shape index (κ1) is 18.1. The number of piperidine rings is 1. The summed E-state index contributed by atoms with van der Waals surface area (Å²) in [4.78, 5) is 14.6. The van der Waals surface area contributed by atoms with Gasteiger partial charge in [-0.2, -0.15) is 5.10 Å². The quantitative estimate of drug-likeness (QED) is 0.785. The molecule has 2 heterocycles. The molecule has 4 nitrogen and oxygen atoms in total. The van der Waals surface area contributed by atoms with Gasteiger partial charge >= 0.3 is 0 Å². The summed E-state index contributed by atoms with van der Waals surface area (Å²) in [6, 6.07) is 18.3. The Kier molecular flexibility index (Phi) is 5.44. The number of amides is 1. The lowest BCUT2D eigenvalue weighted by Gasteiger charge is -2.33. The van der Waals surface area contributed by atoms with E-state index in [4.69, 9.17) is 16.7 Å². The predicted octanol–water partition coefficient (Wildman–Crippen LogP) is 3.98.